The van der Waals surface area contributed by atoms with Crippen molar-refractivity contribution < 1.29 is 19.4 Å². The first-order chi connectivity index (χ1) is 10.5. The molecule has 3 N–H and O–H groups in total. The highest BCUT2D eigenvalue weighted by molar-refractivity contribution is 5.98. The molecule has 0 radical (unpaired) electrons. The number of piperidine rings is 1. The van der Waals surface area contributed by atoms with Gasteiger partial charge in [0.1, 0.15) is 5.75 Å². The zero-order chi connectivity index (χ0) is 16.1. The topological polar surface area (TPSA) is 92.9 Å². The highest BCUT2D eigenvalue weighted by Crippen LogP contribution is 2.23. The van der Waals surface area contributed by atoms with Gasteiger partial charge in [-0.05, 0) is 51.1 Å². The third-order valence-electron chi connectivity index (χ3n) is 3.94. The van der Waals surface area contributed by atoms with E-state index in [4.69, 9.17) is 15.6 Å². The molecule has 0 aliphatic carbocycles. The number of aliphatic carboxylic acids is 1. The molecule has 6 heteroatoms. The van der Waals surface area contributed by atoms with Gasteiger partial charge in [0, 0.05) is 5.56 Å². The zero-order valence-corrected chi connectivity index (χ0v) is 12.7. The number of ketones is 1. The summed E-state index contributed by atoms with van der Waals surface area (Å²) in [5, 5.41) is 8.97. The van der Waals surface area contributed by atoms with Crippen LogP contribution in [-0.2, 0) is 4.79 Å². The summed E-state index contributed by atoms with van der Waals surface area (Å²) in [6, 6.07) is 5.06. The number of rotatable bonds is 6. The lowest BCUT2D eigenvalue weighted by Crippen LogP contribution is -2.39. The molecule has 1 heterocycles. The molecular formula is C16H22N2O4. The largest absolute Gasteiger partial charge is 0.492 e. The van der Waals surface area contributed by atoms with Crippen LogP contribution in [-0.4, -0.2) is 48.0 Å². The van der Waals surface area contributed by atoms with Crippen molar-refractivity contribution in [2.24, 2.45) is 5.92 Å². The maximum Gasteiger partial charge on any atom is 0.306 e. The molecule has 0 bridgehead atoms. The van der Waals surface area contributed by atoms with E-state index in [0.29, 0.717) is 56.1 Å². The second-order valence-electron chi connectivity index (χ2n) is 5.50. The highest BCUT2D eigenvalue weighted by Gasteiger charge is 2.25. The number of hydrogen-bond donors (Lipinski definition) is 2. The molecule has 1 aromatic rings. The van der Waals surface area contributed by atoms with Gasteiger partial charge in [0.25, 0.3) is 0 Å². The molecule has 1 saturated heterocycles. The Bertz CT molecular complexity index is 551. The molecule has 0 spiro atoms. The Labute approximate surface area is 129 Å². The molecule has 1 aromatic carbocycles. The van der Waals surface area contributed by atoms with Gasteiger partial charge in [-0.2, -0.15) is 0 Å². The van der Waals surface area contributed by atoms with Gasteiger partial charge in [0.05, 0.1) is 24.8 Å². The van der Waals surface area contributed by atoms with Crippen molar-refractivity contribution in [1.82, 2.24) is 4.90 Å². The molecule has 0 atom stereocenters. The molecule has 22 heavy (non-hydrogen) atoms. The fourth-order valence-electron chi connectivity index (χ4n) is 2.64. The normalized spacial score (nSPS) is 16.4. The first-order valence-electron chi connectivity index (χ1n) is 7.52. The molecular weight excluding hydrogens is 284 g/mol. The van der Waals surface area contributed by atoms with Crippen LogP contribution in [0.25, 0.3) is 0 Å². The fraction of sp³-hybridized carbons (Fsp3) is 0.500. The number of hydrogen-bond acceptors (Lipinski definition) is 5. The Hall–Kier alpha value is -2.08. The molecule has 1 aliphatic rings. The van der Waals surface area contributed by atoms with Crippen molar-refractivity contribution in [3.63, 3.8) is 0 Å². The van der Waals surface area contributed by atoms with E-state index in [1.807, 2.05) is 11.8 Å². The molecule has 6 nitrogen and oxygen atoms in total. The van der Waals surface area contributed by atoms with Crippen molar-refractivity contribution in [2.45, 2.75) is 19.8 Å². The number of nitrogen functional groups attached to an aromatic ring is 1. The predicted molar refractivity (Wildman–Crippen MR) is 83.2 cm³/mol. The monoisotopic (exact) mass is 306 g/mol. The summed E-state index contributed by atoms with van der Waals surface area (Å²) in [6.45, 7) is 3.96. The lowest BCUT2D eigenvalue weighted by Gasteiger charge is -2.29. The SMILES string of the molecule is CCOc1ccc(C(=O)CN2CCC(C(=O)O)CC2)cc1N. The summed E-state index contributed by atoms with van der Waals surface area (Å²) in [5.41, 5.74) is 6.89. The van der Waals surface area contributed by atoms with Crippen LogP contribution in [0.5, 0.6) is 5.75 Å². The van der Waals surface area contributed by atoms with Crippen molar-refractivity contribution in [3.8, 4) is 5.75 Å². The summed E-state index contributed by atoms with van der Waals surface area (Å²) >= 11 is 0. The standard InChI is InChI=1S/C16H22N2O4/c1-2-22-15-4-3-12(9-13(15)17)14(19)10-18-7-5-11(6-8-18)16(20)21/h3-4,9,11H,2,5-8,10,17H2,1H3,(H,20,21). The van der Waals surface area contributed by atoms with E-state index < -0.39 is 5.97 Å². The van der Waals surface area contributed by atoms with Crippen LogP contribution in [0.4, 0.5) is 5.69 Å². The Balaban J connectivity index is 1.93. The number of ether oxygens (including phenoxy) is 1. The van der Waals surface area contributed by atoms with Crippen LogP contribution in [0.3, 0.4) is 0 Å². The quantitative estimate of drug-likeness (QED) is 0.613. The minimum Gasteiger partial charge on any atom is -0.492 e. The molecule has 120 valence electrons. The number of benzene rings is 1. The summed E-state index contributed by atoms with van der Waals surface area (Å²) in [4.78, 5) is 25.2. The number of carbonyl (C=O) groups excluding carboxylic acids is 1. The number of nitrogens with zero attached hydrogens (tertiary/aromatic N) is 1. The summed E-state index contributed by atoms with van der Waals surface area (Å²) in [5.74, 6) is -0.456. The van der Waals surface area contributed by atoms with E-state index in [1.54, 1.807) is 18.2 Å². The zero-order valence-electron chi connectivity index (χ0n) is 12.7. The predicted octanol–water partition coefficient (Wildman–Crippen LogP) is 1.65. The summed E-state index contributed by atoms with van der Waals surface area (Å²) < 4.78 is 5.35. The third kappa shape index (κ3) is 3.98. The lowest BCUT2D eigenvalue weighted by molar-refractivity contribution is -0.143. The Morgan fingerprint density at radius 2 is 2.05 bits per heavy atom. The van der Waals surface area contributed by atoms with Gasteiger partial charge in [-0.15, -0.1) is 0 Å². The lowest BCUT2D eigenvalue weighted by atomic mass is 9.96. The van der Waals surface area contributed by atoms with Gasteiger partial charge in [-0.3, -0.25) is 14.5 Å². The molecule has 0 unspecified atom stereocenters. The summed E-state index contributed by atoms with van der Waals surface area (Å²) in [6.07, 6.45) is 1.18. The van der Waals surface area contributed by atoms with Crippen molar-refractivity contribution in [1.29, 1.82) is 0 Å². The van der Waals surface area contributed by atoms with Gasteiger partial charge in [-0.25, -0.2) is 0 Å². The van der Waals surface area contributed by atoms with E-state index in [-0.39, 0.29) is 11.7 Å². The molecule has 0 aromatic heterocycles. The smallest absolute Gasteiger partial charge is 0.306 e. The van der Waals surface area contributed by atoms with Gasteiger partial charge >= 0.3 is 5.97 Å². The first-order valence-corrected chi connectivity index (χ1v) is 7.52. The van der Waals surface area contributed by atoms with E-state index in [2.05, 4.69) is 0 Å². The molecule has 1 fully saturated rings. The van der Waals surface area contributed by atoms with Gasteiger partial charge < -0.3 is 15.6 Å². The number of carboxylic acids is 1. The van der Waals surface area contributed by atoms with E-state index >= 15 is 0 Å². The van der Waals surface area contributed by atoms with Crippen LogP contribution in [0.1, 0.15) is 30.1 Å². The fourth-order valence-corrected chi connectivity index (χ4v) is 2.64. The van der Waals surface area contributed by atoms with Crippen LogP contribution in [0, 0.1) is 5.92 Å². The van der Waals surface area contributed by atoms with E-state index in [9.17, 15) is 9.59 Å². The molecule has 0 amide bonds. The highest BCUT2D eigenvalue weighted by atomic mass is 16.5. The molecule has 0 saturated carbocycles. The number of carboxylic acid groups (broad SMARTS) is 1. The summed E-state index contributed by atoms with van der Waals surface area (Å²) in [7, 11) is 0. The number of anilines is 1. The molecule has 1 aliphatic heterocycles. The average Bonchev–Trinajstić information content (AvgIpc) is 2.50. The van der Waals surface area contributed by atoms with Crippen LogP contribution < -0.4 is 10.5 Å². The van der Waals surface area contributed by atoms with Crippen LogP contribution in [0.2, 0.25) is 0 Å². The van der Waals surface area contributed by atoms with Crippen molar-refractivity contribution >= 4 is 17.4 Å². The number of nitrogens with two attached hydrogens (primary N) is 1. The third-order valence-corrected chi connectivity index (χ3v) is 3.94. The average molecular weight is 306 g/mol. The maximum atomic E-state index is 12.3. The minimum atomic E-state index is -0.745. The first kappa shape index (κ1) is 16.3. The van der Waals surface area contributed by atoms with Crippen LogP contribution >= 0.6 is 0 Å². The Kier molecular flexibility index (Phi) is 5.38. The van der Waals surface area contributed by atoms with Gasteiger partial charge in [0.2, 0.25) is 0 Å². The Morgan fingerprint density at radius 3 is 2.59 bits per heavy atom. The number of carbonyl (C=O) groups is 2. The van der Waals surface area contributed by atoms with Gasteiger partial charge in [0.15, 0.2) is 5.78 Å². The minimum absolute atomic E-state index is 0.0106. The maximum absolute atomic E-state index is 12.3. The van der Waals surface area contributed by atoms with Crippen molar-refractivity contribution in [3.05, 3.63) is 23.8 Å². The number of likely N-dealkylation sites (tertiary alicyclic amines) is 1. The van der Waals surface area contributed by atoms with E-state index in [0.717, 1.165) is 0 Å². The second kappa shape index (κ2) is 7.26. The molecule has 2 rings (SSSR count). The van der Waals surface area contributed by atoms with Crippen LogP contribution in [0.15, 0.2) is 18.2 Å². The van der Waals surface area contributed by atoms with Gasteiger partial charge in [-0.1, -0.05) is 0 Å². The Morgan fingerprint density at radius 1 is 1.36 bits per heavy atom. The second-order valence-corrected chi connectivity index (χ2v) is 5.50. The number of Topliss-reactive ketones (excluding diaryl/α,β-unsaturated/α-hetero) is 1. The van der Waals surface area contributed by atoms with Crippen molar-refractivity contribution in [2.75, 3.05) is 32.0 Å². The van der Waals surface area contributed by atoms with E-state index in [1.165, 1.54) is 0 Å².